The molecule has 0 spiro atoms. The number of benzene rings is 1. The third-order valence-electron chi connectivity index (χ3n) is 2.24. The number of carbonyl (C=O) groups is 1. The number of esters is 1. The summed E-state index contributed by atoms with van der Waals surface area (Å²) in [4.78, 5) is 11.5. The largest absolute Gasteiger partial charge is 0.482 e. The van der Waals surface area contributed by atoms with Gasteiger partial charge in [-0.15, -0.1) is 10.2 Å². The molecule has 20 heavy (non-hydrogen) atoms. The summed E-state index contributed by atoms with van der Waals surface area (Å²) in [6, 6.07) is 7.00. The molecule has 1 aromatic carbocycles. The van der Waals surface area contributed by atoms with Gasteiger partial charge in [-0.3, -0.25) is 0 Å². The summed E-state index contributed by atoms with van der Waals surface area (Å²) in [7, 11) is 0. The Labute approximate surface area is 116 Å². The van der Waals surface area contributed by atoms with E-state index in [9.17, 15) is 4.79 Å². The van der Waals surface area contributed by atoms with Crippen molar-refractivity contribution in [1.29, 1.82) is 0 Å². The van der Waals surface area contributed by atoms with Gasteiger partial charge in [-0.2, -0.15) is 0 Å². The van der Waals surface area contributed by atoms with E-state index >= 15 is 0 Å². The Kier molecular flexibility index (Phi) is 4.02. The summed E-state index contributed by atoms with van der Waals surface area (Å²) >= 11 is 0. The first-order valence-electron chi connectivity index (χ1n) is 6.15. The van der Waals surface area contributed by atoms with Gasteiger partial charge >= 0.3 is 5.97 Å². The van der Waals surface area contributed by atoms with E-state index in [4.69, 9.17) is 13.9 Å². The maximum absolute atomic E-state index is 11.5. The van der Waals surface area contributed by atoms with E-state index in [-0.39, 0.29) is 6.61 Å². The maximum atomic E-state index is 11.5. The molecule has 0 unspecified atom stereocenters. The quantitative estimate of drug-likeness (QED) is 0.798. The molecule has 0 aliphatic heterocycles. The van der Waals surface area contributed by atoms with Crippen LogP contribution in [-0.2, 0) is 9.53 Å². The van der Waals surface area contributed by atoms with Crippen molar-refractivity contribution in [3.63, 3.8) is 0 Å². The normalized spacial score (nSPS) is 11.2. The highest BCUT2D eigenvalue weighted by Gasteiger charge is 2.16. The Hall–Kier alpha value is -2.37. The fourth-order valence-corrected chi connectivity index (χ4v) is 1.51. The van der Waals surface area contributed by atoms with Crippen LogP contribution in [0.2, 0.25) is 0 Å². The van der Waals surface area contributed by atoms with Crippen LogP contribution in [0.5, 0.6) is 5.75 Å². The molecule has 0 fully saturated rings. The lowest BCUT2D eigenvalue weighted by atomic mass is 10.2. The van der Waals surface area contributed by atoms with Crippen LogP contribution in [0.1, 0.15) is 20.8 Å². The van der Waals surface area contributed by atoms with Crippen LogP contribution >= 0.6 is 0 Å². The molecule has 106 valence electrons. The topological polar surface area (TPSA) is 74.5 Å². The molecule has 0 N–H and O–H groups in total. The van der Waals surface area contributed by atoms with Crippen molar-refractivity contribution in [2.24, 2.45) is 0 Å². The molecule has 0 saturated carbocycles. The van der Waals surface area contributed by atoms with Gasteiger partial charge in [0.25, 0.3) is 0 Å². The van der Waals surface area contributed by atoms with E-state index in [2.05, 4.69) is 10.2 Å². The number of hydrogen-bond acceptors (Lipinski definition) is 6. The van der Waals surface area contributed by atoms with Crippen LogP contribution in [0, 0.1) is 0 Å². The predicted molar refractivity (Wildman–Crippen MR) is 71.1 cm³/mol. The zero-order valence-electron chi connectivity index (χ0n) is 11.6. The third-order valence-corrected chi connectivity index (χ3v) is 2.24. The summed E-state index contributed by atoms with van der Waals surface area (Å²) in [5, 5.41) is 7.40. The molecule has 0 saturated heterocycles. The van der Waals surface area contributed by atoms with Gasteiger partial charge in [-0.05, 0) is 45.0 Å². The van der Waals surface area contributed by atoms with Crippen LogP contribution in [-0.4, -0.2) is 28.4 Å². The summed E-state index contributed by atoms with van der Waals surface area (Å²) in [5.41, 5.74) is 0.273. The van der Waals surface area contributed by atoms with Crippen LogP contribution < -0.4 is 4.74 Å². The summed E-state index contributed by atoms with van der Waals surface area (Å²) in [6.45, 7) is 5.30. The van der Waals surface area contributed by atoms with Crippen molar-refractivity contribution in [2.75, 3.05) is 6.61 Å². The fourth-order valence-electron chi connectivity index (χ4n) is 1.51. The second-order valence-electron chi connectivity index (χ2n) is 5.14. The molecule has 2 rings (SSSR count). The van der Waals surface area contributed by atoms with Gasteiger partial charge in [0.05, 0.1) is 0 Å². The average Bonchev–Trinajstić information content (AvgIpc) is 2.89. The van der Waals surface area contributed by atoms with Gasteiger partial charge in [-0.25, -0.2) is 4.79 Å². The van der Waals surface area contributed by atoms with Crippen molar-refractivity contribution in [1.82, 2.24) is 10.2 Å². The van der Waals surface area contributed by atoms with Crippen LogP contribution in [0.25, 0.3) is 11.5 Å². The number of hydrogen-bond donors (Lipinski definition) is 0. The second kappa shape index (κ2) is 5.73. The number of aromatic nitrogens is 2. The number of nitrogens with zero attached hydrogens (tertiary/aromatic N) is 2. The molecule has 0 bridgehead atoms. The van der Waals surface area contributed by atoms with Gasteiger partial charge < -0.3 is 13.9 Å². The highest BCUT2D eigenvalue weighted by molar-refractivity contribution is 5.71. The van der Waals surface area contributed by atoms with Gasteiger partial charge in [-0.1, -0.05) is 0 Å². The summed E-state index contributed by atoms with van der Waals surface area (Å²) < 4.78 is 15.6. The molecule has 0 amide bonds. The smallest absolute Gasteiger partial charge is 0.344 e. The average molecular weight is 276 g/mol. The molecule has 0 aliphatic rings. The van der Waals surface area contributed by atoms with Crippen molar-refractivity contribution >= 4 is 5.97 Å². The molecular weight excluding hydrogens is 260 g/mol. The number of ether oxygens (including phenoxy) is 2. The highest BCUT2D eigenvalue weighted by atomic mass is 16.6. The molecule has 1 heterocycles. The number of rotatable bonds is 4. The lowest BCUT2D eigenvalue weighted by molar-refractivity contribution is -0.157. The van der Waals surface area contributed by atoms with Crippen molar-refractivity contribution in [2.45, 2.75) is 26.4 Å². The minimum Gasteiger partial charge on any atom is -0.482 e. The summed E-state index contributed by atoms with van der Waals surface area (Å²) in [5.74, 6) is 0.598. The Morgan fingerprint density at radius 2 is 1.95 bits per heavy atom. The van der Waals surface area contributed by atoms with E-state index in [0.29, 0.717) is 11.6 Å². The molecule has 0 aliphatic carbocycles. The Morgan fingerprint density at radius 1 is 1.25 bits per heavy atom. The van der Waals surface area contributed by atoms with Crippen molar-refractivity contribution in [3.05, 3.63) is 30.7 Å². The maximum Gasteiger partial charge on any atom is 0.344 e. The van der Waals surface area contributed by atoms with E-state index in [1.54, 1.807) is 24.3 Å². The highest BCUT2D eigenvalue weighted by Crippen LogP contribution is 2.20. The zero-order chi connectivity index (χ0) is 14.6. The lowest BCUT2D eigenvalue weighted by Crippen LogP contribution is -2.27. The third kappa shape index (κ3) is 4.08. The van der Waals surface area contributed by atoms with E-state index in [1.165, 1.54) is 6.39 Å². The van der Waals surface area contributed by atoms with Crippen LogP contribution in [0.4, 0.5) is 0 Å². The van der Waals surface area contributed by atoms with Crippen molar-refractivity contribution < 1.29 is 18.7 Å². The molecule has 0 radical (unpaired) electrons. The first-order valence-corrected chi connectivity index (χ1v) is 6.15. The fraction of sp³-hybridized carbons (Fsp3) is 0.357. The Balaban J connectivity index is 1.90. The van der Waals surface area contributed by atoms with Gasteiger partial charge in [0.15, 0.2) is 6.61 Å². The van der Waals surface area contributed by atoms with Crippen molar-refractivity contribution in [3.8, 4) is 17.2 Å². The zero-order valence-corrected chi connectivity index (χ0v) is 11.6. The van der Waals surface area contributed by atoms with E-state index < -0.39 is 11.6 Å². The molecule has 0 atom stereocenters. The number of carbonyl (C=O) groups excluding carboxylic acids is 1. The molecular formula is C14H16N2O4. The first-order chi connectivity index (χ1) is 9.44. The van der Waals surface area contributed by atoms with Crippen LogP contribution in [0.15, 0.2) is 35.1 Å². The molecule has 2 aromatic rings. The minimum atomic E-state index is -0.512. The predicted octanol–water partition coefficient (Wildman–Crippen LogP) is 2.46. The van der Waals surface area contributed by atoms with Gasteiger partial charge in [0.2, 0.25) is 12.3 Å². The molecule has 1 aromatic heterocycles. The van der Waals surface area contributed by atoms with E-state index in [1.807, 2.05) is 20.8 Å². The Morgan fingerprint density at radius 3 is 2.50 bits per heavy atom. The molecule has 6 heteroatoms. The minimum absolute atomic E-state index is 0.128. The van der Waals surface area contributed by atoms with Gasteiger partial charge in [0.1, 0.15) is 11.4 Å². The standard InChI is InChI=1S/C14H16N2O4/c1-14(2,3)20-12(17)8-18-11-6-4-10(5-7-11)13-16-15-9-19-13/h4-7,9H,8H2,1-3H3. The Bertz CT molecular complexity index is 556. The molecule has 6 nitrogen and oxygen atoms in total. The lowest BCUT2D eigenvalue weighted by Gasteiger charge is -2.19. The van der Waals surface area contributed by atoms with Crippen LogP contribution in [0.3, 0.4) is 0 Å². The SMILES string of the molecule is CC(C)(C)OC(=O)COc1ccc(-c2nnco2)cc1. The monoisotopic (exact) mass is 276 g/mol. The first kappa shape index (κ1) is 14.0. The van der Waals surface area contributed by atoms with Gasteiger partial charge in [0, 0.05) is 5.56 Å². The van der Waals surface area contributed by atoms with E-state index in [0.717, 1.165) is 5.56 Å². The summed E-state index contributed by atoms with van der Waals surface area (Å²) in [6.07, 6.45) is 1.27. The second-order valence-corrected chi connectivity index (χ2v) is 5.14.